The minimum Gasteiger partial charge on any atom is -0.457 e. The fourth-order valence-corrected chi connectivity index (χ4v) is 4.11. The number of piperazine rings is 1. The molecule has 1 aliphatic heterocycles. The monoisotopic (exact) mass is 421 g/mol. The van der Waals surface area contributed by atoms with Gasteiger partial charge in [0.15, 0.2) is 0 Å². The summed E-state index contributed by atoms with van der Waals surface area (Å²) in [7, 11) is 0. The zero-order chi connectivity index (χ0) is 21.6. The second-order valence-electron chi connectivity index (χ2n) is 8.10. The summed E-state index contributed by atoms with van der Waals surface area (Å²) in [6.07, 6.45) is 1.93. The highest BCUT2D eigenvalue weighted by atomic mass is 16.5. The molecule has 1 saturated heterocycles. The van der Waals surface area contributed by atoms with Crippen LogP contribution < -0.4 is 4.74 Å². The quantitative estimate of drug-likeness (QED) is 0.369. The number of fused-ring (bicyclic) bond motifs is 1. The van der Waals surface area contributed by atoms with Crippen LogP contribution in [0.1, 0.15) is 11.1 Å². The standard InChI is InChI=1S/C28H27N3O/c1-2-12-26(13-3-1)32-27-14-6-8-23(20-27)21-29-31-18-16-30(17-19-31)22-25-11-7-10-24-9-4-5-15-28(24)25/h1-15,20-21H,16-19,22H2. The minimum absolute atomic E-state index is 0.819. The van der Waals surface area contributed by atoms with Crippen LogP contribution in [-0.4, -0.2) is 42.3 Å². The molecule has 1 aliphatic rings. The van der Waals surface area contributed by atoms with E-state index in [1.165, 1.54) is 16.3 Å². The van der Waals surface area contributed by atoms with Crippen molar-refractivity contribution in [2.24, 2.45) is 5.10 Å². The molecule has 0 aromatic heterocycles. The Morgan fingerprint density at radius 2 is 1.44 bits per heavy atom. The summed E-state index contributed by atoms with van der Waals surface area (Å²) >= 11 is 0. The predicted molar refractivity (Wildman–Crippen MR) is 131 cm³/mol. The fraction of sp³-hybridized carbons (Fsp3) is 0.179. The molecule has 4 aromatic rings. The molecule has 4 aromatic carbocycles. The topological polar surface area (TPSA) is 28.1 Å². The first kappa shape index (κ1) is 20.3. The Labute approximate surface area is 189 Å². The van der Waals surface area contributed by atoms with Crippen LogP contribution in [0.2, 0.25) is 0 Å². The Morgan fingerprint density at radius 3 is 2.31 bits per heavy atom. The van der Waals surface area contributed by atoms with Crippen molar-refractivity contribution in [2.75, 3.05) is 26.2 Å². The summed E-state index contributed by atoms with van der Waals surface area (Å²) in [5.41, 5.74) is 2.44. The maximum Gasteiger partial charge on any atom is 0.128 e. The molecule has 0 atom stereocenters. The highest BCUT2D eigenvalue weighted by Crippen LogP contribution is 2.22. The van der Waals surface area contributed by atoms with Gasteiger partial charge in [0.25, 0.3) is 0 Å². The van der Waals surface area contributed by atoms with E-state index in [1.807, 2.05) is 54.7 Å². The van der Waals surface area contributed by atoms with Gasteiger partial charge in [-0.15, -0.1) is 0 Å². The maximum atomic E-state index is 5.93. The summed E-state index contributed by atoms with van der Waals surface area (Å²) in [5.74, 6) is 1.66. The lowest BCUT2D eigenvalue weighted by Crippen LogP contribution is -2.43. The molecule has 0 bridgehead atoms. The number of ether oxygens (including phenoxy) is 1. The zero-order valence-corrected chi connectivity index (χ0v) is 18.1. The van der Waals surface area contributed by atoms with Crippen molar-refractivity contribution in [2.45, 2.75) is 6.54 Å². The van der Waals surface area contributed by atoms with Gasteiger partial charge in [0.1, 0.15) is 11.5 Å². The largest absolute Gasteiger partial charge is 0.457 e. The number of hydrogen-bond donors (Lipinski definition) is 0. The molecule has 160 valence electrons. The Hall–Kier alpha value is -3.63. The third-order valence-corrected chi connectivity index (χ3v) is 5.83. The molecule has 5 rings (SSSR count). The van der Waals surface area contributed by atoms with Crippen molar-refractivity contribution in [1.29, 1.82) is 0 Å². The van der Waals surface area contributed by atoms with Gasteiger partial charge in [0, 0.05) is 32.7 Å². The van der Waals surface area contributed by atoms with Crippen molar-refractivity contribution in [3.8, 4) is 11.5 Å². The van der Waals surface area contributed by atoms with Crippen molar-refractivity contribution in [3.05, 3.63) is 108 Å². The van der Waals surface area contributed by atoms with Gasteiger partial charge in [-0.2, -0.15) is 5.10 Å². The van der Waals surface area contributed by atoms with Crippen molar-refractivity contribution in [3.63, 3.8) is 0 Å². The summed E-state index contributed by atoms with van der Waals surface area (Å²) < 4.78 is 5.93. The summed E-state index contributed by atoms with van der Waals surface area (Å²) in [4.78, 5) is 2.52. The lowest BCUT2D eigenvalue weighted by Gasteiger charge is -2.33. The average Bonchev–Trinajstić information content (AvgIpc) is 2.85. The van der Waals surface area contributed by atoms with Gasteiger partial charge in [-0.3, -0.25) is 9.91 Å². The smallest absolute Gasteiger partial charge is 0.128 e. The maximum absolute atomic E-state index is 5.93. The molecule has 1 fully saturated rings. The van der Waals surface area contributed by atoms with Crippen LogP contribution in [-0.2, 0) is 6.54 Å². The first-order chi connectivity index (χ1) is 15.8. The van der Waals surface area contributed by atoms with Crippen molar-refractivity contribution in [1.82, 2.24) is 9.91 Å². The summed E-state index contributed by atoms with van der Waals surface area (Å²) in [6.45, 7) is 4.87. The van der Waals surface area contributed by atoms with Gasteiger partial charge in [-0.25, -0.2) is 0 Å². The van der Waals surface area contributed by atoms with Crippen molar-refractivity contribution < 1.29 is 4.74 Å². The van der Waals surface area contributed by atoms with Gasteiger partial charge >= 0.3 is 0 Å². The molecular formula is C28H27N3O. The zero-order valence-electron chi connectivity index (χ0n) is 18.1. The van der Waals surface area contributed by atoms with Crippen LogP contribution in [0.15, 0.2) is 102 Å². The molecule has 0 N–H and O–H groups in total. The van der Waals surface area contributed by atoms with Gasteiger partial charge < -0.3 is 4.74 Å². The summed E-state index contributed by atoms with van der Waals surface area (Å²) in [6, 6.07) is 33.1. The summed E-state index contributed by atoms with van der Waals surface area (Å²) in [5, 5.41) is 9.54. The van der Waals surface area contributed by atoms with Gasteiger partial charge in [0.2, 0.25) is 0 Å². The van der Waals surface area contributed by atoms with Crippen LogP contribution in [0.5, 0.6) is 11.5 Å². The van der Waals surface area contributed by atoms with E-state index in [1.54, 1.807) is 0 Å². The molecule has 32 heavy (non-hydrogen) atoms. The van der Waals surface area contributed by atoms with E-state index in [0.717, 1.165) is 49.8 Å². The highest BCUT2D eigenvalue weighted by Gasteiger charge is 2.16. The van der Waals surface area contributed by atoms with Crippen LogP contribution in [0.4, 0.5) is 0 Å². The predicted octanol–water partition coefficient (Wildman–Crippen LogP) is 5.78. The third kappa shape index (κ3) is 4.98. The molecule has 4 nitrogen and oxygen atoms in total. The number of hydrazone groups is 1. The van der Waals surface area contributed by atoms with Crippen LogP contribution in [0.25, 0.3) is 10.8 Å². The van der Waals surface area contributed by atoms with E-state index >= 15 is 0 Å². The van der Waals surface area contributed by atoms with Crippen LogP contribution in [0, 0.1) is 0 Å². The number of hydrogen-bond acceptors (Lipinski definition) is 4. The molecular weight excluding hydrogens is 394 g/mol. The molecule has 1 heterocycles. The van der Waals surface area contributed by atoms with E-state index in [0.29, 0.717) is 0 Å². The Morgan fingerprint density at radius 1 is 0.719 bits per heavy atom. The minimum atomic E-state index is 0.819. The van der Waals surface area contributed by atoms with Gasteiger partial charge in [-0.1, -0.05) is 72.8 Å². The van der Waals surface area contributed by atoms with E-state index < -0.39 is 0 Å². The molecule has 0 amide bonds. The molecule has 4 heteroatoms. The fourth-order valence-electron chi connectivity index (χ4n) is 4.11. The van der Waals surface area contributed by atoms with Crippen LogP contribution in [0.3, 0.4) is 0 Å². The van der Waals surface area contributed by atoms with E-state index in [4.69, 9.17) is 9.84 Å². The number of para-hydroxylation sites is 1. The SMILES string of the molecule is C(=NN1CCN(Cc2cccc3ccccc23)CC1)c1cccc(Oc2ccccc2)c1. The molecule has 0 aliphatic carbocycles. The lowest BCUT2D eigenvalue weighted by atomic mass is 10.0. The lowest BCUT2D eigenvalue weighted by molar-refractivity contribution is 0.131. The second kappa shape index (κ2) is 9.67. The normalized spacial score (nSPS) is 14.8. The highest BCUT2D eigenvalue weighted by molar-refractivity contribution is 5.85. The van der Waals surface area contributed by atoms with Crippen molar-refractivity contribution >= 4 is 17.0 Å². The Bertz CT molecular complexity index is 1190. The van der Waals surface area contributed by atoms with E-state index in [-0.39, 0.29) is 0 Å². The second-order valence-corrected chi connectivity index (χ2v) is 8.10. The van der Waals surface area contributed by atoms with E-state index in [2.05, 4.69) is 58.4 Å². The number of benzene rings is 4. The molecule has 0 radical (unpaired) electrons. The first-order valence-corrected chi connectivity index (χ1v) is 11.1. The number of nitrogens with zero attached hydrogens (tertiary/aromatic N) is 3. The third-order valence-electron chi connectivity index (χ3n) is 5.83. The van der Waals surface area contributed by atoms with E-state index in [9.17, 15) is 0 Å². The molecule has 0 saturated carbocycles. The Kier molecular flexibility index (Phi) is 6.13. The van der Waals surface area contributed by atoms with Gasteiger partial charge in [-0.05, 0) is 46.2 Å². The first-order valence-electron chi connectivity index (χ1n) is 11.1. The Balaban J connectivity index is 1.17. The number of rotatable bonds is 6. The van der Waals surface area contributed by atoms with Crippen LogP contribution >= 0.6 is 0 Å². The molecule has 0 unspecified atom stereocenters. The molecule has 0 spiro atoms. The van der Waals surface area contributed by atoms with Gasteiger partial charge in [0.05, 0.1) is 6.21 Å². The average molecular weight is 422 g/mol.